The summed E-state index contributed by atoms with van der Waals surface area (Å²) in [6.45, 7) is 3.91. The van der Waals surface area contributed by atoms with Gasteiger partial charge in [-0.2, -0.15) is 5.10 Å². The summed E-state index contributed by atoms with van der Waals surface area (Å²) in [5.74, 6) is -0.365. The van der Waals surface area contributed by atoms with Gasteiger partial charge in [0.25, 0.3) is 5.91 Å². The number of carbonyl (C=O) groups is 1. The van der Waals surface area contributed by atoms with E-state index in [1.807, 2.05) is 30.5 Å². The second kappa shape index (κ2) is 7.86. The van der Waals surface area contributed by atoms with Gasteiger partial charge in [0.05, 0.1) is 22.5 Å². The van der Waals surface area contributed by atoms with E-state index in [4.69, 9.17) is 28.9 Å². The van der Waals surface area contributed by atoms with E-state index in [-0.39, 0.29) is 5.91 Å². The predicted octanol–water partition coefficient (Wildman–Crippen LogP) is 4.75. The third-order valence-corrected chi connectivity index (χ3v) is 4.75. The van der Waals surface area contributed by atoms with Crippen molar-refractivity contribution in [3.63, 3.8) is 0 Å². The van der Waals surface area contributed by atoms with E-state index in [0.29, 0.717) is 21.3 Å². The molecule has 27 heavy (non-hydrogen) atoms. The molecule has 0 spiro atoms. The van der Waals surface area contributed by atoms with Crippen LogP contribution in [0.2, 0.25) is 10.0 Å². The fourth-order valence-corrected chi connectivity index (χ4v) is 3.24. The predicted molar refractivity (Wildman–Crippen MR) is 111 cm³/mol. The van der Waals surface area contributed by atoms with Gasteiger partial charge in [0.15, 0.2) is 0 Å². The molecule has 0 bridgehead atoms. The highest BCUT2D eigenvalue weighted by Crippen LogP contribution is 2.28. The number of halogens is 2. The number of nitrogens with zero attached hydrogens (tertiary/aromatic N) is 2. The summed E-state index contributed by atoms with van der Waals surface area (Å²) in [6, 6.07) is 14.1. The van der Waals surface area contributed by atoms with E-state index in [0.717, 1.165) is 22.6 Å². The molecule has 138 valence electrons. The molecule has 3 rings (SSSR count). The summed E-state index contributed by atoms with van der Waals surface area (Å²) in [7, 11) is 0. The highest BCUT2D eigenvalue weighted by Gasteiger charge is 2.13. The van der Waals surface area contributed by atoms with Crippen LogP contribution in [-0.4, -0.2) is 16.7 Å². The van der Waals surface area contributed by atoms with Crippen LogP contribution in [0.5, 0.6) is 0 Å². The van der Waals surface area contributed by atoms with E-state index < -0.39 is 0 Å². The van der Waals surface area contributed by atoms with Gasteiger partial charge in [0.2, 0.25) is 0 Å². The van der Waals surface area contributed by atoms with Crippen molar-refractivity contribution in [2.24, 2.45) is 5.10 Å². The standard InChI is InChI=1S/C20H18Cl2N4O/c1-12-9-14(11-24-25-20(27)16-5-3-4-6-18(16)23)13(2)26(12)19-10-15(21)7-8-17(19)22/h3-11H,23H2,1-2H3,(H,25,27)/b24-11-. The Balaban J connectivity index is 1.85. The number of aryl methyl sites for hydroxylation is 1. The number of benzene rings is 2. The quantitative estimate of drug-likeness (QED) is 0.376. The summed E-state index contributed by atoms with van der Waals surface area (Å²) in [5.41, 5.74) is 12.6. The summed E-state index contributed by atoms with van der Waals surface area (Å²) in [4.78, 5) is 12.2. The first kappa shape index (κ1) is 19.0. The molecule has 0 atom stereocenters. The Morgan fingerprint density at radius 2 is 1.89 bits per heavy atom. The third-order valence-electron chi connectivity index (χ3n) is 4.19. The molecule has 0 fully saturated rings. The second-order valence-corrected chi connectivity index (χ2v) is 6.89. The average Bonchev–Trinajstić information content (AvgIpc) is 2.91. The molecule has 3 N–H and O–H groups in total. The first-order chi connectivity index (χ1) is 12.9. The minimum atomic E-state index is -0.365. The van der Waals surface area contributed by atoms with Crippen molar-refractivity contribution in [3.05, 3.63) is 81.1 Å². The number of amides is 1. The number of anilines is 1. The molecule has 1 amide bonds. The molecule has 1 heterocycles. The summed E-state index contributed by atoms with van der Waals surface area (Å²) < 4.78 is 1.99. The molecule has 5 nitrogen and oxygen atoms in total. The Bertz CT molecular complexity index is 1040. The number of rotatable bonds is 4. The van der Waals surface area contributed by atoms with Crippen molar-refractivity contribution >= 4 is 41.0 Å². The fourth-order valence-electron chi connectivity index (χ4n) is 2.87. The van der Waals surface area contributed by atoms with Crippen LogP contribution in [0.15, 0.2) is 53.6 Å². The maximum absolute atomic E-state index is 12.2. The molecule has 2 aromatic carbocycles. The third kappa shape index (κ3) is 3.99. The molecule has 0 aliphatic rings. The molecule has 0 aliphatic carbocycles. The van der Waals surface area contributed by atoms with Crippen molar-refractivity contribution < 1.29 is 4.79 Å². The zero-order chi connectivity index (χ0) is 19.6. The van der Waals surface area contributed by atoms with Crippen molar-refractivity contribution in [2.45, 2.75) is 13.8 Å². The number of nitrogens with one attached hydrogen (secondary N) is 1. The van der Waals surface area contributed by atoms with Crippen LogP contribution in [0.1, 0.15) is 27.3 Å². The lowest BCUT2D eigenvalue weighted by Gasteiger charge is -2.12. The fraction of sp³-hybridized carbons (Fsp3) is 0.100. The van der Waals surface area contributed by atoms with E-state index >= 15 is 0 Å². The number of para-hydroxylation sites is 1. The second-order valence-electron chi connectivity index (χ2n) is 6.04. The summed E-state index contributed by atoms with van der Waals surface area (Å²) in [5, 5.41) is 5.25. The number of carbonyl (C=O) groups excluding carboxylic acids is 1. The number of nitrogens with two attached hydrogens (primary N) is 1. The Kier molecular flexibility index (Phi) is 5.54. The summed E-state index contributed by atoms with van der Waals surface area (Å²) in [6.07, 6.45) is 1.59. The van der Waals surface area contributed by atoms with Crippen LogP contribution >= 0.6 is 23.2 Å². The number of hydrogen-bond acceptors (Lipinski definition) is 3. The lowest BCUT2D eigenvalue weighted by atomic mass is 10.2. The molecular formula is C20H18Cl2N4O. The molecule has 0 unspecified atom stereocenters. The number of hydrazone groups is 1. The highest BCUT2D eigenvalue weighted by atomic mass is 35.5. The zero-order valence-corrected chi connectivity index (χ0v) is 16.3. The van der Waals surface area contributed by atoms with Gasteiger partial charge in [-0.1, -0.05) is 35.3 Å². The van der Waals surface area contributed by atoms with Crippen LogP contribution < -0.4 is 11.2 Å². The van der Waals surface area contributed by atoms with Gasteiger partial charge in [0, 0.05) is 27.7 Å². The largest absolute Gasteiger partial charge is 0.398 e. The lowest BCUT2D eigenvalue weighted by molar-refractivity contribution is 0.0956. The van der Waals surface area contributed by atoms with Gasteiger partial charge in [-0.3, -0.25) is 4.79 Å². The van der Waals surface area contributed by atoms with E-state index in [9.17, 15) is 4.79 Å². The molecule has 0 saturated heterocycles. The van der Waals surface area contributed by atoms with Crippen LogP contribution in [0.3, 0.4) is 0 Å². The monoisotopic (exact) mass is 400 g/mol. The number of hydrogen-bond donors (Lipinski definition) is 2. The minimum Gasteiger partial charge on any atom is -0.398 e. The van der Waals surface area contributed by atoms with E-state index in [2.05, 4.69) is 10.5 Å². The minimum absolute atomic E-state index is 0.365. The molecule has 0 saturated carbocycles. The van der Waals surface area contributed by atoms with Gasteiger partial charge in [-0.05, 0) is 50.2 Å². The van der Waals surface area contributed by atoms with Gasteiger partial charge in [-0.15, -0.1) is 0 Å². The van der Waals surface area contributed by atoms with Crippen LogP contribution in [0.25, 0.3) is 5.69 Å². The molecule has 0 aliphatic heterocycles. The smallest absolute Gasteiger partial charge is 0.273 e. The van der Waals surface area contributed by atoms with Crippen molar-refractivity contribution in [1.82, 2.24) is 9.99 Å². The van der Waals surface area contributed by atoms with E-state index in [1.54, 1.807) is 42.6 Å². The molecule has 7 heteroatoms. The molecule has 0 radical (unpaired) electrons. The van der Waals surface area contributed by atoms with E-state index in [1.165, 1.54) is 0 Å². The topological polar surface area (TPSA) is 72.4 Å². The van der Waals surface area contributed by atoms with Crippen LogP contribution in [-0.2, 0) is 0 Å². The van der Waals surface area contributed by atoms with Gasteiger partial charge in [-0.25, -0.2) is 5.43 Å². The van der Waals surface area contributed by atoms with Gasteiger partial charge >= 0.3 is 0 Å². The maximum Gasteiger partial charge on any atom is 0.273 e. The van der Waals surface area contributed by atoms with Crippen LogP contribution in [0, 0.1) is 13.8 Å². The lowest BCUT2D eigenvalue weighted by Crippen LogP contribution is -2.19. The maximum atomic E-state index is 12.2. The van der Waals surface area contributed by atoms with Gasteiger partial charge in [0.1, 0.15) is 0 Å². The molecular weight excluding hydrogens is 383 g/mol. The van der Waals surface area contributed by atoms with Gasteiger partial charge < -0.3 is 10.3 Å². The Morgan fingerprint density at radius 1 is 1.15 bits per heavy atom. The first-order valence-corrected chi connectivity index (χ1v) is 8.96. The van der Waals surface area contributed by atoms with Crippen molar-refractivity contribution in [3.8, 4) is 5.69 Å². The Labute approximate surface area is 167 Å². The van der Waals surface area contributed by atoms with Crippen molar-refractivity contribution in [1.29, 1.82) is 0 Å². The normalized spacial score (nSPS) is 11.1. The van der Waals surface area contributed by atoms with Crippen LogP contribution in [0.4, 0.5) is 5.69 Å². The average molecular weight is 401 g/mol. The first-order valence-electron chi connectivity index (χ1n) is 8.20. The molecule has 1 aromatic heterocycles. The van der Waals surface area contributed by atoms with Crippen molar-refractivity contribution in [2.75, 3.05) is 5.73 Å². The number of aromatic nitrogens is 1. The Morgan fingerprint density at radius 3 is 2.63 bits per heavy atom. The SMILES string of the molecule is Cc1cc(/C=N\NC(=O)c2ccccc2N)c(C)n1-c1cc(Cl)ccc1Cl. The summed E-state index contributed by atoms with van der Waals surface area (Å²) >= 11 is 12.4. The number of nitrogen functional groups attached to an aromatic ring is 1. The Hall–Kier alpha value is -2.76. The zero-order valence-electron chi connectivity index (χ0n) is 14.8. The molecule has 3 aromatic rings. The highest BCUT2D eigenvalue weighted by molar-refractivity contribution is 6.34.